The predicted molar refractivity (Wildman–Crippen MR) is 81.3 cm³/mol. The minimum atomic E-state index is 0.424. The Morgan fingerprint density at radius 2 is 2.06 bits per heavy atom. The lowest BCUT2D eigenvalue weighted by molar-refractivity contribution is 0.481. The van der Waals surface area contributed by atoms with Gasteiger partial charge in [-0.25, -0.2) is 4.99 Å². The highest BCUT2D eigenvalue weighted by Crippen LogP contribution is 2.15. The Hall–Kier alpha value is -1.03. The van der Waals surface area contributed by atoms with Gasteiger partial charge in [-0.1, -0.05) is 13.8 Å². The summed E-state index contributed by atoms with van der Waals surface area (Å²) < 4.78 is 0. The number of hydrogen-bond acceptors (Lipinski definition) is 2. The molecule has 1 atom stereocenters. The molecule has 0 amide bonds. The second kappa shape index (κ2) is 7.41. The molecule has 0 radical (unpaired) electrons. The van der Waals surface area contributed by atoms with Crippen LogP contribution < -0.4 is 10.6 Å². The third kappa shape index (κ3) is 5.08. The summed E-state index contributed by atoms with van der Waals surface area (Å²) in [4.78, 5) is 7.27. The maximum Gasteiger partial charge on any atom is 0.191 e. The Labute approximate surface area is 115 Å². The number of nitrogens with one attached hydrogen (secondary N) is 2. The third-order valence-corrected chi connectivity index (χ3v) is 3.88. The van der Waals surface area contributed by atoms with Crippen molar-refractivity contribution in [2.45, 2.75) is 47.2 Å². The van der Waals surface area contributed by atoms with Crippen molar-refractivity contribution in [3.05, 3.63) is 21.9 Å². The molecular formula is C14H25N3S. The van der Waals surface area contributed by atoms with Gasteiger partial charge in [0.15, 0.2) is 5.96 Å². The zero-order valence-corrected chi connectivity index (χ0v) is 12.9. The smallest absolute Gasteiger partial charge is 0.191 e. The van der Waals surface area contributed by atoms with E-state index in [1.165, 1.54) is 9.75 Å². The van der Waals surface area contributed by atoms with Gasteiger partial charge in [-0.2, -0.15) is 0 Å². The van der Waals surface area contributed by atoms with Gasteiger partial charge in [0.1, 0.15) is 0 Å². The van der Waals surface area contributed by atoms with Crippen molar-refractivity contribution in [3.63, 3.8) is 0 Å². The number of thiophene rings is 1. The monoisotopic (exact) mass is 267 g/mol. The molecule has 1 aromatic rings. The zero-order chi connectivity index (χ0) is 13.5. The van der Waals surface area contributed by atoms with E-state index in [1.54, 1.807) is 0 Å². The van der Waals surface area contributed by atoms with Crippen molar-refractivity contribution in [2.75, 3.05) is 6.54 Å². The van der Waals surface area contributed by atoms with Gasteiger partial charge in [0, 0.05) is 22.3 Å². The van der Waals surface area contributed by atoms with Crippen LogP contribution in [0.1, 0.15) is 37.4 Å². The molecule has 0 saturated heterocycles. The quantitative estimate of drug-likeness (QED) is 0.635. The van der Waals surface area contributed by atoms with Gasteiger partial charge in [-0.3, -0.25) is 0 Å². The molecule has 0 bridgehead atoms. The number of hydrogen-bond donors (Lipinski definition) is 2. The Morgan fingerprint density at radius 1 is 1.33 bits per heavy atom. The van der Waals surface area contributed by atoms with E-state index in [2.05, 4.69) is 62.4 Å². The van der Waals surface area contributed by atoms with Gasteiger partial charge in [-0.15, -0.1) is 11.3 Å². The Kier molecular flexibility index (Phi) is 6.19. The first kappa shape index (κ1) is 15.0. The van der Waals surface area contributed by atoms with Crippen molar-refractivity contribution in [1.29, 1.82) is 0 Å². The molecule has 1 unspecified atom stereocenters. The largest absolute Gasteiger partial charge is 0.357 e. The van der Waals surface area contributed by atoms with Crippen molar-refractivity contribution in [3.8, 4) is 0 Å². The third-order valence-electron chi connectivity index (χ3n) is 2.90. The summed E-state index contributed by atoms with van der Waals surface area (Å²) in [6.45, 7) is 12.5. The van der Waals surface area contributed by atoms with E-state index in [-0.39, 0.29) is 0 Å². The first-order valence-electron chi connectivity index (χ1n) is 6.63. The van der Waals surface area contributed by atoms with E-state index in [9.17, 15) is 0 Å². The van der Waals surface area contributed by atoms with Crippen molar-refractivity contribution in [2.24, 2.45) is 10.9 Å². The minimum absolute atomic E-state index is 0.424. The van der Waals surface area contributed by atoms with Crippen LogP contribution in [0.15, 0.2) is 17.1 Å². The van der Waals surface area contributed by atoms with Crippen LogP contribution in [0.4, 0.5) is 0 Å². The molecule has 0 aromatic carbocycles. The molecule has 1 heterocycles. The molecule has 0 spiro atoms. The van der Waals surface area contributed by atoms with E-state index in [0.29, 0.717) is 12.0 Å². The minimum Gasteiger partial charge on any atom is -0.357 e. The van der Waals surface area contributed by atoms with E-state index < -0.39 is 0 Å². The Balaban J connectivity index is 2.60. The summed E-state index contributed by atoms with van der Waals surface area (Å²) >= 11 is 1.81. The molecule has 18 heavy (non-hydrogen) atoms. The molecule has 0 fully saturated rings. The molecule has 1 aromatic heterocycles. The van der Waals surface area contributed by atoms with E-state index in [1.807, 2.05) is 11.3 Å². The molecule has 1 rings (SSSR count). The van der Waals surface area contributed by atoms with Crippen LogP contribution in [0.25, 0.3) is 0 Å². The molecule has 102 valence electrons. The Morgan fingerprint density at radius 3 is 2.56 bits per heavy atom. The molecule has 0 aliphatic rings. The lowest BCUT2D eigenvalue weighted by Crippen LogP contribution is -2.44. The number of rotatable bonds is 5. The first-order chi connectivity index (χ1) is 8.52. The normalized spacial score (nSPS) is 13.8. The standard InChI is InChI=1S/C14H25N3S/c1-6-15-14(17-12(5)10(2)3)16-9-13-8-7-11(4)18-13/h7-8,10,12H,6,9H2,1-5H3,(H2,15,16,17). The highest BCUT2D eigenvalue weighted by Gasteiger charge is 2.08. The van der Waals surface area contributed by atoms with Crippen molar-refractivity contribution < 1.29 is 0 Å². The topological polar surface area (TPSA) is 36.4 Å². The summed E-state index contributed by atoms with van der Waals surface area (Å²) in [5.41, 5.74) is 0. The lowest BCUT2D eigenvalue weighted by Gasteiger charge is -2.20. The fourth-order valence-corrected chi connectivity index (χ4v) is 2.24. The number of aliphatic imine (C=N–C) groups is 1. The summed E-state index contributed by atoms with van der Waals surface area (Å²) in [6, 6.07) is 4.72. The molecule has 0 aliphatic heterocycles. The molecule has 4 heteroatoms. The summed E-state index contributed by atoms with van der Waals surface area (Å²) in [6.07, 6.45) is 0. The van der Waals surface area contributed by atoms with Gasteiger partial charge in [0.05, 0.1) is 6.54 Å². The zero-order valence-electron chi connectivity index (χ0n) is 12.1. The highest BCUT2D eigenvalue weighted by atomic mass is 32.1. The van der Waals surface area contributed by atoms with Crippen LogP contribution in [-0.4, -0.2) is 18.5 Å². The molecule has 0 aliphatic carbocycles. The Bertz CT molecular complexity index is 382. The van der Waals surface area contributed by atoms with Crippen LogP contribution in [0.2, 0.25) is 0 Å². The number of aryl methyl sites for hydroxylation is 1. The molecular weight excluding hydrogens is 242 g/mol. The second-order valence-electron chi connectivity index (χ2n) is 4.88. The van der Waals surface area contributed by atoms with Gasteiger partial charge < -0.3 is 10.6 Å². The summed E-state index contributed by atoms with van der Waals surface area (Å²) in [7, 11) is 0. The van der Waals surface area contributed by atoms with Crippen LogP contribution in [0.3, 0.4) is 0 Å². The average molecular weight is 267 g/mol. The predicted octanol–water partition coefficient (Wildman–Crippen LogP) is 3.16. The van der Waals surface area contributed by atoms with Crippen LogP contribution in [-0.2, 0) is 6.54 Å². The first-order valence-corrected chi connectivity index (χ1v) is 7.44. The van der Waals surface area contributed by atoms with Crippen LogP contribution >= 0.6 is 11.3 Å². The van der Waals surface area contributed by atoms with E-state index in [0.717, 1.165) is 19.0 Å². The maximum atomic E-state index is 4.62. The fourth-order valence-electron chi connectivity index (χ4n) is 1.43. The second-order valence-corrected chi connectivity index (χ2v) is 6.26. The van der Waals surface area contributed by atoms with E-state index in [4.69, 9.17) is 0 Å². The molecule has 2 N–H and O–H groups in total. The molecule has 0 saturated carbocycles. The fraction of sp³-hybridized carbons (Fsp3) is 0.643. The molecule has 3 nitrogen and oxygen atoms in total. The van der Waals surface area contributed by atoms with Gasteiger partial charge in [0.2, 0.25) is 0 Å². The average Bonchev–Trinajstić information content (AvgIpc) is 2.72. The highest BCUT2D eigenvalue weighted by molar-refractivity contribution is 7.11. The number of guanidine groups is 1. The van der Waals surface area contributed by atoms with Gasteiger partial charge >= 0.3 is 0 Å². The van der Waals surface area contributed by atoms with Crippen molar-refractivity contribution in [1.82, 2.24) is 10.6 Å². The van der Waals surface area contributed by atoms with Gasteiger partial charge in [-0.05, 0) is 38.8 Å². The van der Waals surface area contributed by atoms with Crippen molar-refractivity contribution >= 4 is 17.3 Å². The number of nitrogens with zero attached hydrogens (tertiary/aromatic N) is 1. The van der Waals surface area contributed by atoms with E-state index >= 15 is 0 Å². The maximum absolute atomic E-state index is 4.62. The van der Waals surface area contributed by atoms with Crippen LogP contribution in [0.5, 0.6) is 0 Å². The summed E-state index contributed by atoms with van der Waals surface area (Å²) in [5.74, 6) is 1.50. The van der Waals surface area contributed by atoms with Crippen LogP contribution in [0, 0.1) is 12.8 Å². The SMILES string of the molecule is CCNC(=NCc1ccc(C)s1)NC(C)C(C)C. The van der Waals surface area contributed by atoms with Gasteiger partial charge in [0.25, 0.3) is 0 Å². The summed E-state index contributed by atoms with van der Waals surface area (Å²) in [5, 5.41) is 6.73. The lowest BCUT2D eigenvalue weighted by atomic mass is 10.1.